The lowest BCUT2D eigenvalue weighted by molar-refractivity contribution is 0.0948. The van der Waals surface area contributed by atoms with Crippen LogP contribution in [0.25, 0.3) is 23.1 Å². The first kappa shape index (κ1) is 19.3. The number of ether oxygens (including phenoxy) is 1. The third-order valence-electron chi connectivity index (χ3n) is 4.67. The van der Waals surface area contributed by atoms with Crippen LogP contribution in [0.3, 0.4) is 0 Å². The first-order chi connectivity index (χ1) is 14.7. The van der Waals surface area contributed by atoms with E-state index < -0.39 is 0 Å². The van der Waals surface area contributed by atoms with Gasteiger partial charge in [-0.1, -0.05) is 18.2 Å². The van der Waals surface area contributed by atoms with Crippen molar-refractivity contribution in [3.8, 4) is 5.75 Å². The molecule has 0 aliphatic rings. The second-order valence-electron chi connectivity index (χ2n) is 6.60. The smallest absolute Gasteiger partial charge is 0.255 e. The predicted molar refractivity (Wildman–Crippen MR) is 113 cm³/mol. The number of pyridine rings is 1. The van der Waals surface area contributed by atoms with Crippen molar-refractivity contribution in [2.24, 2.45) is 0 Å². The Morgan fingerprint density at radius 1 is 1.10 bits per heavy atom. The van der Waals surface area contributed by atoms with E-state index in [1.165, 1.54) is 19.2 Å². The van der Waals surface area contributed by atoms with Crippen LogP contribution in [0.1, 0.15) is 27.2 Å². The van der Waals surface area contributed by atoms with Gasteiger partial charge in [-0.15, -0.1) is 0 Å². The molecule has 7 heteroatoms. The Hall–Kier alpha value is -4.00. The molecule has 2 aromatic carbocycles. The number of carbonyl (C=O) groups excluding carboxylic acids is 1. The van der Waals surface area contributed by atoms with Crippen LogP contribution in [-0.2, 0) is 6.54 Å². The van der Waals surface area contributed by atoms with Gasteiger partial charge in [0.1, 0.15) is 11.6 Å². The maximum atomic E-state index is 13.1. The number of methoxy groups -OCH3 is 1. The van der Waals surface area contributed by atoms with Crippen molar-refractivity contribution >= 4 is 29.0 Å². The number of amides is 1. The Balaban J connectivity index is 1.64. The monoisotopic (exact) mass is 402 g/mol. The van der Waals surface area contributed by atoms with Gasteiger partial charge >= 0.3 is 0 Å². The minimum atomic E-state index is -0.290. The van der Waals surface area contributed by atoms with Gasteiger partial charge < -0.3 is 10.1 Å². The van der Waals surface area contributed by atoms with E-state index in [-0.39, 0.29) is 11.7 Å². The molecule has 0 atom stereocenters. The lowest BCUT2D eigenvalue weighted by atomic mass is 10.1. The molecule has 0 bridgehead atoms. The SMILES string of the molecule is COc1c(C(=O)NCc2ccncc2)ccc2[nH]nc(C=Cc3ccc(F)cc3)c12. The molecule has 2 aromatic heterocycles. The van der Waals surface area contributed by atoms with Crippen LogP contribution in [0.4, 0.5) is 4.39 Å². The van der Waals surface area contributed by atoms with E-state index in [4.69, 9.17) is 4.74 Å². The number of halogens is 1. The quantitative estimate of drug-likeness (QED) is 0.506. The first-order valence-corrected chi connectivity index (χ1v) is 9.31. The summed E-state index contributed by atoms with van der Waals surface area (Å²) in [7, 11) is 1.52. The Kier molecular flexibility index (Phi) is 5.52. The number of nitrogens with zero attached hydrogens (tertiary/aromatic N) is 2. The van der Waals surface area contributed by atoms with Crippen LogP contribution in [0.5, 0.6) is 5.75 Å². The minimum Gasteiger partial charge on any atom is -0.495 e. The molecule has 30 heavy (non-hydrogen) atoms. The summed E-state index contributed by atoms with van der Waals surface area (Å²) in [5.41, 5.74) is 3.56. The molecule has 4 aromatic rings. The van der Waals surface area contributed by atoms with Crippen LogP contribution < -0.4 is 10.1 Å². The maximum absolute atomic E-state index is 13.1. The fraction of sp³-hybridized carbons (Fsp3) is 0.0870. The van der Waals surface area contributed by atoms with Crippen molar-refractivity contribution in [1.29, 1.82) is 0 Å². The van der Waals surface area contributed by atoms with Crippen LogP contribution in [0.2, 0.25) is 0 Å². The molecule has 0 saturated heterocycles. The van der Waals surface area contributed by atoms with Gasteiger partial charge in [-0.25, -0.2) is 4.39 Å². The molecule has 0 radical (unpaired) electrons. The average molecular weight is 402 g/mol. The molecule has 0 aliphatic heterocycles. The van der Waals surface area contributed by atoms with Crippen molar-refractivity contribution in [1.82, 2.24) is 20.5 Å². The van der Waals surface area contributed by atoms with E-state index in [0.29, 0.717) is 28.9 Å². The number of aromatic amines is 1. The molecule has 1 amide bonds. The number of aromatic nitrogens is 3. The molecule has 0 unspecified atom stereocenters. The molecule has 4 rings (SSSR count). The van der Waals surface area contributed by atoms with E-state index in [9.17, 15) is 9.18 Å². The van der Waals surface area contributed by atoms with Crippen molar-refractivity contribution in [2.75, 3.05) is 7.11 Å². The topological polar surface area (TPSA) is 79.9 Å². The number of rotatable bonds is 6. The van der Waals surface area contributed by atoms with Gasteiger partial charge in [0.15, 0.2) is 0 Å². The van der Waals surface area contributed by atoms with Gasteiger partial charge in [0.05, 0.1) is 29.3 Å². The van der Waals surface area contributed by atoms with Gasteiger partial charge in [-0.05, 0) is 53.6 Å². The molecule has 2 heterocycles. The highest BCUT2D eigenvalue weighted by atomic mass is 19.1. The average Bonchev–Trinajstić information content (AvgIpc) is 3.20. The highest BCUT2D eigenvalue weighted by Crippen LogP contribution is 2.32. The lowest BCUT2D eigenvalue weighted by Gasteiger charge is -2.11. The molecule has 150 valence electrons. The summed E-state index contributed by atoms with van der Waals surface area (Å²) in [6, 6.07) is 13.3. The van der Waals surface area contributed by atoms with Gasteiger partial charge in [0, 0.05) is 18.9 Å². The summed E-state index contributed by atoms with van der Waals surface area (Å²) in [5.74, 6) is -0.103. The number of H-pyrrole nitrogens is 1. The van der Waals surface area contributed by atoms with Gasteiger partial charge in [-0.3, -0.25) is 14.9 Å². The Morgan fingerprint density at radius 3 is 2.60 bits per heavy atom. The minimum absolute atomic E-state index is 0.250. The second kappa shape index (κ2) is 8.57. The van der Waals surface area contributed by atoms with E-state index in [2.05, 4.69) is 20.5 Å². The number of fused-ring (bicyclic) bond motifs is 1. The van der Waals surface area contributed by atoms with E-state index in [0.717, 1.165) is 16.6 Å². The summed E-state index contributed by atoms with van der Waals surface area (Å²) >= 11 is 0. The van der Waals surface area contributed by atoms with Crippen LogP contribution in [-0.4, -0.2) is 28.2 Å². The number of hydrogen-bond donors (Lipinski definition) is 2. The zero-order chi connectivity index (χ0) is 20.9. The molecule has 0 saturated carbocycles. The normalized spacial score (nSPS) is 11.1. The first-order valence-electron chi connectivity index (χ1n) is 9.31. The third kappa shape index (κ3) is 4.05. The van der Waals surface area contributed by atoms with E-state index >= 15 is 0 Å². The zero-order valence-corrected chi connectivity index (χ0v) is 16.2. The number of benzene rings is 2. The molecule has 2 N–H and O–H groups in total. The standard InChI is InChI=1S/C23H19FN4O2/c1-30-22-18(23(29)26-14-16-10-12-25-13-11-16)7-9-20-21(22)19(27-28-20)8-4-15-2-5-17(24)6-3-15/h2-13H,14H2,1H3,(H,26,29)(H,27,28). The van der Waals surface area contributed by atoms with Crippen LogP contribution in [0.15, 0.2) is 60.9 Å². The Bertz CT molecular complexity index is 1200. The fourth-order valence-corrected chi connectivity index (χ4v) is 3.15. The highest BCUT2D eigenvalue weighted by Gasteiger charge is 2.18. The maximum Gasteiger partial charge on any atom is 0.255 e. The summed E-state index contributed by atoms with van der Waals surface area (Å²) in [5, 5.41) is 10.9. The fourth-order valence-electron chi connectivity index (χ4n) is 3.15. The van der Waals surface area contributed by atoms with Gasteiger partial charge in [0.25, 0.3) is 5.91 Å². The van der Waals surface area contributed by atoms with Gasteiger partial charge in [0.2, 0.25) is 0 Å². The van der Waals surface area contributed by atoms with Crippen molar-refractivity contribution < 1.29 is 13.9 Å². The third-order valence-corrected chi connectivity index (χ3v) is 4.67. The Morgan fingerprint density at radius 2 is 1.87 bits per heavy atom. The van der Waals surface area contributed by atoms with Crippen LogP contribution >= 0.6 is 0 Å². The van der Waals surface area contributed by atoms with Gasteiger partial charge in [-0.2, -0.15) is 5.10 Å². The molecule has 0 aliphatic carbocycles. The summed E-state index contributed by atoms with van der Waals surface area (Å²) in [6.45, 7) is 0.380. The van der Waals surface area contributed by atoms with Crippen LogP contribution in [0, 0.1) is 5.82 Å². The number of carbonyl (C=O) groups is 1. The van der Waals surface area contributed by atoms with Crippen molar-refractivity contribution in [2.45, 2.75) is 6.54 Å². The number of nitrogens with one attached hydrogen (secondary N) is 2. The summed E-state index contributed by atoms with van der Waals surface area (Å²) in [6.07, 6.45) is 6.98. The summed E-state index contributed by atoms with van der Waals surface area (Å²) < 4.78 is 18.7. The lowest BCUT2D eigenvalue weighted by Crippen LogP contribution is -2.23. The number of hydrogen-bond acceptors (Lipinski definition) is 4. The van der Waals surface area contributed by atoms with E-state index in [1.807, 2.05) is 18.2 Å². The van der Waals surface area contributed by atoms with Crippen molar-refractivity contribution in [3.63, 3.8) is 0 Å². The Labute approximate surface area is 172 Å². The van der Waals surface area contributed by atoms with E-state index in [1.54, 1.807) is 42.7 Å². The molecule has 0 fully saturated rings. The second-order valence-corrected chi connectivity index (χ2v) is 6.60. The largest absolute Gasteiger partial charge is 0.495 e. The predicted octanol–water partition coefficient (Wildman–Crippen LogP) is 4.21. The molecule has 6 nitrogen and oxygen atoms in total. The summed E-state index contributed by atoms with van der Waals surface area (Å²) in [4.78, 5) is 16.8. The molecular weight excluding hydrogens is 383 g/mol. The zero-order valence-electron chi connectivity index (χ0n) is 16.2. The highest BCUT2D eigenvalue weighted by molar-refractivity contribution is 6.05. The van der Waals surface area contributed by atoms with Crippen molar-refractivity contribution in [3.05, 3.63) is 89.1 Å². The molecule has 0 spiro atoms. The molecular formula is C23H19FN4O2.